The van der Waals surface area contributed by atoms with Crippen LogP contribution in [-0.4, -0.2) is 18.8 Å². The lowest BCUT2D eigenvalue weighted by Crippen LogP contribution is -2.21. The Morgan fingerprint density at radius 3 is 2.33 bits per heavy atom. The monoisotopic (exact) mass is 224 g/mol. The summed E-state index contributed by atoms with van der Waals surface area (Å²) in [6.45, 7) is 1.55. The number of allylic oxidation sites excluding steroid dienone is 1. The first-order valence-corrected chi connectivity index (χ1v) is 3.96. The molecule has 0 atom stereocenters. The average Bonchev–Trinajstić information content (AvgIpc) is 2.12. The molecule has 0 aromatic rings. The van der Waals surface area contributed by atoms with E-state index in [1.165, 1.54) is 6.92 Å². The van der Waals surface area contributed by atoms with Crippen molar-refractivity contribution in [3.8, 4) is 0 Å². The predicted octanol–water partition coefficient (Wildman–Crippen LogP) is 0.797. The first kappa shape index (κ1) is 13.3. The van der Waals surface area contributed by atoms with E-state index in [1.54, 1.807) is 0 Å². The maximum absolute atomic E-state index is 12.0. The fourth-order valence-electron chi connectivity index (χ4n) is 0.639. The molecule has 0 fully saturated rings. The molecule has 0 aromatic carbocycles. The Kier molecular flexibility index (Phi) is 4.69. The summed E-state index contributed by atoms with van der Waals surface area (Å²) in [6.07, 6.45) is -3.56. The highest BCUT2D eigenvalue weighted by Crippen LogP contribution is 2.22. The van der Waals surface area contributed by atoms with Crippen molar-refractivity contribution in [2.45, 2.75) is 13.1 Å². The van der Waals surface area contributed by atoms with Gasteiger partial charge in [-0.05, 0) is 13.0 Å². The first-order chi connectivity index (χ1) is 6.82. The molecular formula is C8H11F3N2O2. The van der Waals surface area contributed by atoms with Crippen molar-refractivity contribution in [1.82, 2.24) is 0 Å². The molecule has 86 valence electrons. The van der Waals surface area contributed by atoms with Crippen LogP contribution in [0.1, 0.15) is 6.92 Å². The summed E-state index contributed by atoms with van der Waals surface area (Å²) in [5.74, 6) is -0.952. The quantitative estimate of drug-likeness (QED) is 0.422. The van der Waals surface area contributed by atoms with Crippen LogP contribution in [0, 0.1) is 0 Å². The lowest BCUT2D eigenvalue weighted by atomic mass is 10.2. The smallest absolute Gasteiger partial charge is 0.430 e. The van der Waals surface area contributed by atoms with Crippen LogP contribution >= 0.6 is 0 Å². The van der Waals surface area contributed by atoms with Gasteiger partial charge in [0.2, 0.25) is 0 Å². The summed E-state index contributed by atoms with van der Waals surface area (Å²) in [5.41, 5.74) is 7.81. The number of carbonyl (C=O) groups excluding carboxylic acids is 1. The summed E-state index contributed by atoms with van der Waals surface area (Å²) < 4.78 is 40.4. The van der Waals surface area contributed by atoms with Crippen molar-refractivity contribution in [3.63, 3.8) is 0 Å². The van der Waals surface area contributed by atoms with Crippen LogP contribution in [0.4, 0.5) is 13.2 Å². The van der Waals surface area contributed by atoms with Crippen molar-refractivity contribution in [3.05, 3.63) is 23.5 Å². The molecule has 0 aliphatic rings. The molecule has 0 unspecified atom stereocenters. The molecule has 0 saturated carbocycles. The number of esters is 1. The van der Waals surface area contributed by atoms with Gasteiger partial charge in [-0.25, -0.2) is 4.79 Å². The van der Waals surface area contributed by atoms with Crippen LogP contribution in [0.5, 0.6) is 0 Å². The minimum Gasteiger partial charge on any atom is -0.462 e. The standard InChI is InChI=1S/C8H11F3N2O2/c1-2-15-7(14)5(4-12)3-6(13)8(9,10)11/h3-4H,2,12-13H2,1H3/b5-4+,6-3-. The van der Waals surface area contributed by atoms with Gasteiger partial charge in [0.05, 0.1) is 12.2 Å². The normalized spacial score (nSPS) is 13.9. The van der Waals surface area contributed by atoms with Gasteiger partial charge in [-0.2, -0.15) is 13.2 Å². The Hall–Kier alpha value is -1.66. The van der Waals surface area contributed by atoms with Crippen LogP contribution in [-0.2, 0) is 9.53 Å². The minimum absolute atomic E-state index is 0.0376. The van der Waals surface area contributed by atoms with E-state index >= 15 is 0 Å². The highest BCUT2D eigenvalue weighted by atomic mass is 19.4. The van der Waals surface area contributed by atoms with Crippen LogP contribution in [0.25, 0.3) is 0 Å². The highest BCUT2D eigenvalue weighted by Gasteiger charge is 2.32. The van der Waals surface area contributed by atoms with E-state index in [1.807, 2.05) is 0 Å². The van der Waals surface area contributed by atoms with E-state index in [9.17, 15) is 18.0 Å². The van der Waals surface area contributed by atoms with Crippen molar-refractivity contribution < 1.29 is 22.7 Å². The topological polar surface area (TPSA) is 78.3 Å². The Balaban J connectivity index is 4.82. The molecule has 0 spiro atoms. The van der Waals surface area contributed by atoms with Gasteiger partial charge in [-0.15, -0.1) is 0 Å². The Labute approximate surface area is 84.4 Å². The maximum Gasteiger partial charge on any atom is 0.430 e. The van der Waals surface area contributed by atoms with E-state index in [0.29, 0.717) is 12.3 Å². The van der Waals surface area contributed by atoms with E-state index in [4.69, 9.17) is 11.5 Å². The Bertz CT molecular complexity index is 295. The maximum atomic E-state index is 12.0. The Morgan fingerprint density at radius 2 is 2.00 bits per heavy atom. The average molecular weight is 224 g/mol. The number of rotatable bonds is 3. The molecule has 15 heavy (non-hydrogen) atoms. The lowest BCUT2D eigenvalue weighted by molar-refractivity contribution is -0.138. The number of nitrogens with two attached hydrogens (primary N) is 2. The number of alkyl halides is 3. The van der Waals surface area contributed by atoms with Gasteiger partial charge in [-0.1, -0.05) is 0 Å². The number of ether oxygens (including phenoxy) is 1. The first-order valence-electron chi connectivity index (χ1n) is 3.96. The van der Waals surface area contributed by atoms with E-state index in [0.717, 1.165) is 0 Å². The highest BCUT2D eigenvalue weighted by molar-refractivity contribution is 5.91. The second-order valence-corrected chi connectivity index (χ2v) is 2.44. The van der Waals surface area contributed by atoms with Gasteiger partial charge in [-0.3, -0.25) is 0 Å². The van der Waals surface area contributed by atoms with Gasteiger partial charge in [0.1, 0.15) is 5.70 Å². The zero-order chi connectivity index (χ0) is 12.1. The number of carbonyl (C=O) groups is 1. The number of halogens is 3. The third kappa shape index (κ3) is 4.39. The summed E-state index contributed by atoms with van der Waals surface area (Å²) in [5, 5.41) is 0. The molecular weight excluding hydrogens is 213 g/mol. The predicted molar refractivity (Wildman–Crippen MR) is 47.2 cm³/mol. The molecule has 0 aliphatic carbocycles. The summed E-state index contributed by atoms with van der Waals surface area (Å²) >= 11 is 0. The van der Waals surface area contributed by atoms with Crippen molar-refractivity contribution in [2.75, 3.05) is 6.61 Å². The fraction of sp³-hybridized carbons (Fsp3) is 0.375. The molecule has 0 saturated heterocycles. The second kappa shape index (κ2) is 5.28. The lowest BCUT2D eigenvalue weighted by Gasteiger charge is -2.07. The molecule has 0 rings (SSSR count). The Morgan fingerprint density at radius 1 is 1.47 bits per heavy atom. The van der Waals surface area contributed by atoms with Gasteiger partial charge in [0.15, 0.2) is 0 Å². The molecule has 0 heterocycles. The van der Waals surface area contributed by atoms with Crippen LogP contribution in [0.3, 0.4) is 0 Å². The fourth-order valence-corrected chi connectivity index (χ4v) is 0.639. The van der Waals surface area contributed by atoms with Crippen molar-refractivity contribution in [2.24, 2.45) is 11.5 Å². The van der Waals surface area contributed by atoms with Gasteiger partial charge in [0.25, 0.3) is 0 Å². The molecule has 0 aliphatic heterocycles. The number of hydrogen-bond acceptors (Lipinski definition) is 4. The SMILES string of the molecule is CCOC(=O)C(/C=C(\N)C(F)(F)F)=C/N. The van der Waals surface area contributed by atoms with Crippen LogP contribution in [0.15, 0.2) is 23.5 Å². The summed E-state index contributed by atoms with van der Waals surface area (Å²) in [7, 11) is 0. The third-order valence-electron chi connectivity index (χ3n) is 1.33. The molecule has 7 heteroatoms. The van der Waals surface area contributed by atoms with Crippen LogP contribution in [0.2, 0.25) is 0 Å². The molecule has 0 radical (unpaired) electrons. The minimum atomic E-state index is -4.69. The third-order valence-corrected chi connectivity index (χ3v) is 1.33. The number of hydrogen-bond donors (Lipinski definition) is 2. The molecule has 0 bridgehead atoms. The molecule has 4 nitrogen and oxygen atoms in total. The largest absolute Gasteiger partial charge is 0.462 e. The zero-order valence-corrected chi connectivity index (χ0v) is 7.97. The summed E-state index contributed by atoms with van der Waals surface area (Å²) in [4.78, 5) is 11.0. The van der Waals surface area contributed by atoms with Gasteiger partial charge >= 0.3 is 12.1 Å². The molecule has 0 aromatic heterocycles. The van der Waals surface area contributed by atoms with Gasteiger partial charge < -0.3 is 16.2 Å². The summed E-state index contributed by atoms with van der Waals surface area (Å²) in [6, 6.07) is 0. The molecule has 0 amide bonds. The van der Waals surface area contributed by atoms with E-state index in [2.05, 4.69) is 4.74 Å². The second-order valence-electron chi connectivity index (χ2n) is 2.44. The van der Waals surface area contributed by atoms with Gasteiger partial charge in [0, 0.05) is 6.20 Å². The van der Waals surface area contributed by atoms with E-state index in [-0.39, 0.29) is 6.61 Å². The zero-order valence-electron chi connectivity index (χ0n) is 7.97. The van der Waals surface area contributed by atoms with E-state index < -0.39 is 23.4 Å². The van der Waals surface area contributed by atoms with Crippen LogP contribution < -0.4 is 11.5 Å². The van der Waals surface area contributed by atoms with Crippen molar-refractivity contribution in [1.29, 1.82) is 0 Å². The van der Waals surface area contributed by atoms with Crippen molar-refractivity contribution >= 4 is 5.97 Å². The molecule has 4 N–H and O–H groups in total.